The number of aromatic nitrogens is 1. The van der Waals surface area contributed by atoms with E-state index in [0.29, 0.717) is 23.6 Å². The number of methoxy groups -OCH3 is 1. The molecule has 3 fully saturated rings. The van der Waals surface area contributed by atoms with Crippen LogP contribution < -0.4 is 4.74 Å². The van der Waals surface area contributed by atoms with Crippen LogP contribution in [0.1, 0.15) is 29.9 Å². The van der Waals surface area contributed by atoms with E-state index in [2.05, 4.69) is 46.8 Å². The quantitative estimate of drug-likeness (QED) is 0.614. The molecule has 6 rings (SSSR count). The predicted molar refractivity (Wildman–Crippen MR) is 120 cm³/mol. The van der Waals surface area contributed by atoms with Gasteiger partial charge >= 0.3 is 0 Å². The molecule has 0 aliphatic carbocycles. The molecule has 1 aromatic heterocycles. The van der Waals surface area contributed by atoms with Gasteiger partial charge in [-0.3, -0.25) is 9.88 Å². The summed E-state index contributed by atoms with van der Waals surface area (Å²) in [4.78, 5) is 7.25. The summed E-state index contributed by atoms with van der Waals surface area (Å²) in [5.74, 6) is 2.63. The zero-order chi connectivity index (χ0) is 20.7. The molecule has 0 amide bonds. The predicted octanol–water partition coefficient (Wildman–Crippen LogP) is 4.98. The van der Waals surface area contributed by atoms with Crippen LogP contribution in [0.4, 0.5) is 0 Å². The largest absolute Gasteiger partial charge is 0.508 e. The highest BCUT2D eigenvalue weighted by atomic mass is 16.5. The van der Waals surface area contributed by atoms with Crippen molar-refractivity contribution in [1.82, 2.24) is 9.88 Å². The second-order valence-electron chi connectivity index (χ2n) is 8.60. The number of phenols is 1. The second-order valence-corrected chi connectivity index (χ2v) is 8.60. The van der Waals surface area contributed by atoms with E-state index in [-0.39, 0.29) is 5.92 Å². The van der Waals surface area contributed by atoms with Gasteiger partial charge in [0.1, 0.15) is 11.5 Å². The van der Waals surface area contributed by atoms with Gasteiger partial charge < -0.3 is 9.84 Å². The van der Waals surface area contributed by atoms with E-state index in [1.165, 1.54) is 17.5 Å². The number of ether oxygens (including phenoxy) is 1. The highest BCUT2D eigenvalue weighted by Crippen LogP contribution is 2.45. The number of fused-ring (bicyclic) bond motifs is 4. The number of nitrogens with zero attached hydrogens (tertiary/aromatic N) is 2. The first-order chi connectivity index (χ1) is 14.7. The van der Waals surface area contributed by atoms with Gasteiger partial charge in [-0.2, -0.15) is 0 Å². The normalized spacial score (nSPS) is 26.4. The lowest BCUT2D eigenvalue weighted by Gasteiger charge is -2.52. The number of benzene rings is 2. The Labute approximate surface area is 177 Å². The summed E-state index contributed by atoms with van der Waals surface area (Å²) < 4.78 is 5.52. The molecule has 1 unspecified atom stereocenters. The average Bonchev–Trinajstić information content (AvgIpc) is 2.80. The number of hydrogen-bond donors (Lipinski definition) is 1. The minimum absolute atomic E-state index is 0.205. The van der Waals surface area contributed by atoms with Crippen molar-refractivity contribution in [2.75, 3.05) is 20.2 Å². The van der Waals surface area contributed by atoms with Crippen LogP contribution in [0.25, 0.3) is 10.9 Å². The standard InChI is InChI=1S/C26H28N2O2/c1-3-17-16-28-13-11-19(17)14-25(28)26(18-4-6-20(29)7-5-18)22-10-12-27-24-9-8-21(30-2)15-23(22)24/h3-10,12,15,17,19,25-26,29H,1,11,13-14,16H2,2H3/t17-,19-,25-,26+/m0/s1. The summed E-state index contributed by atoms with van der Waals surface area (Å²) in [7, 11) is 1.70. The molecule has 4 nitrogen and oxygen atoms in total. The van der Waals surface area contributed by atoms with Crippen molar-refractivity contribution < 1.29 is 9.84 Å². The molecule has 1 N–H and O–H groups in total. The molecule has 3 saturated heterocycles. The van der Waals surface area contributed by atoms with Gasteiger partial charge in [-0.1, -0.05) is 18.2 Å². The first kappa shape index (κ1) is 19.1. The van der Waals surface area contributed by atoms with Crippen LogP contribution >= 0.6 is 0 Å². The van der Waals surface area contributed by atoms with Crippen LogP contribution in [-0.4, -0.2) is 41.2 Å². The molecule has 3 aliphatic heterocycles. The summed E-state index contributed by atoms with van der Waals surface area (Å²) >= 11 is 0. The van der Waals surface area contributed by atoms with Crippen LogP contribution in [0.3, 0.4) is 0 Å². The Balaban J connectivity index is 1.66. The number of rotatable bonds is 5. The van der Waals surface area contributed by atoms with E-state index < -0.39 is 0 Å². The van der Waals surface area contributed by atoms with Crippen molar-refractivity contribution >= 4 is 10.9 Å². The molecular weight excluding hydrogens is 372 g/mol. The first-order valence-corrected chi connectivity index (χ1v) is 10.8. The van der Waals surface area contributed by atoms with Crippen LogP contribution in [0, 0.1) is 11.8 Å². The molecule has 2 bridgehead atoms. The van der Waals surface area contributed by atoms with Gasteiger partial charge in [0, 0.05) is 30.1 Å². The Bertz CT molecular complexity index is 1060. The lowest BCUT2D eigenvalue weighted by molar-refractivity contribution is 0.0121. The summed E-state index contributed by atoms with van der Waals surface area (Å²) in [5.41, 5.74) is 3.49. The Morgan fingerprint density at radius 1 is 1.20 bits per heavy atom. The Kier molecular flexibility index (Phi) is 4.95. The molecule has 154 valence electrons. The minimum atomic E-state index is 0.205. The Morgan fingerprint density at radius 2 is 2.03 bits per heavy atom. The smallest absolute Gasteiger partial charge is 0.119 e. The monoisotopic (exact) mass is 400 g/mol. The molecule has 2 aromatic carbocycles. The van der Waals surface area contributed by atoms with Crippen molar-refractivity contribution in [3.8, 4) is 11.5 Å². The topological polar surface area (TPSA) is 45.6 Å². The third-order valence-electron chi connectivity index (χ3n) is 7.11. The summed E-state index contributed by atoms with van der Waals surface area (Å²) in [5, 5.41) is 11.0. The maximum Gasteiger partial charge on any atom is 0.119 e. The zero-order valence-electron chi connectivity index (χ0n) is 17.4. The number of hydrogen-bond acceptors (Lipinski definition) is 4. The van der Waals surface area contributed by atoms with Crippen molar-refractivity contribution in [2.24, 2.45) is 11.8 Å². The molecule has 0 spiro atoms. The van der Waals surface area contributed by atoms with E-state index in [9.17, 15) is 5.11 Å². The number of phenolic OH excluding ortho intramolecular Hbond substituents is 1. The maximum atomic E-state index is 9.88. The summed E-state index contributed by atoms with van der Waals surface area (Å²) in [6.07, 6.45) is 6.48. The lowest BCUT2D eigenvalue weighted by Crippen LogP contribution is -2.55. The maximum absolute atomic E-state index is 9.88. The molecule has 0 saturated carbocycles. The number of pyridine rings is 1. The van der Waals surface area contributed by atoms with Gasteiger partial charge in [-0.15, -0.1) is 6.58 Å². The van der Waals surface area contributed by atoms with Crippen LogP contribution in [0.5, 0.6) is 11.5 Å². The number of piperidine rings is 3. The van der Waals surface area contributed by atoms with E-state index in [1.807, 2.05) is 18.3 Å². The molecule has 0 radical (unpaired) electrons. The molecule has 3 aromatic rings. The first-order valence-electron chi connectivity index (χ1n) is 10.8. The lowest BCUT2D eigenvalue weighted by atomic mass is 9.69. The molecule has 4 heteroatoms. The van der Waals surface area contributed by atoms with Gasteiger partial charge in [0.25, 0.3) is 0 Å². The second kappa shape index (κ2) is 7.77. The van der Waals surface area contributed by atoms with Gasteiger partial charge in [0.2, 0.25) is 0 Å². The van der Waals surface area contributed by atoms with Gasteiger partial charge in [-0.05, 0) is 78.7 Å². The molecule has 30 heavy (non-hydrogen) atoms. The highest BCUT2D eigenvalue weighted by molar-refractivity contribution is 5.84. The SMILES string of the molecule is C=C[C@H]1CN2CC[C@H]1C[C@H]2[C@H](c1ccc(O)cc1)c1ccnc2ccc(OC)cc12. The summed E-state index contributed by atoms with van der Waals surface area (Å²) in [6.45, 7) is 6.31. The third kappa shape index (κ3) is 3.25. The van der Waals surface area contributed by atoms with E-state index in [1.54, 1.807) is 19.2 Å². The summed E-state index contributed by atoms with van der Waals surface area (Å²) in [6, 6.07) is 16.4. The minimum Gasteiger partial charge on any atom is -0.508 e. The Hall–Kier alpha value is -2.85. The highest BCUT2D eigenvalue weighted by Gasteiger charge is 2.43. The zero-order valence-corrected chi connectivity index (χ0v) is 17.4. The van der Waals surface area contributed by atoms with E-state index in [0.717, 1.165) is 36.2 Å². The Morgan fingerprint density at radius 3 is 2.73 bits per heavy atom. The van der Waals surface area contributed by atoms with Crippen molar-refractivity contribution in [3.05, 3.63) is 78.5 Å². The fourth-order valence-electron chi connectivity index (χ4n) is 5.56. The molecule has 5 atom stereocenters. The van der Waals surface area contributed by atoms with Gasteiger partial charge in [0.05, 0.1) is 12.6 Å². The van der Waals surface area contributed by atoms with Crippen molar-refractivity contribution in [2.45, 2.75) is 24.8 Å². The van der Waals surface area contributed by atoms with Gasteiger partial charge in [-0.25, -0.2) is 0 Å². The fourth-order valence-corrected chi connectivity index (χ4v) is 5.56. The van der Waals surface area contributed by atoms with Gasteiger partial charge in [0.15, 0.2) is 0 Å². The van der Waals surface area contributed by atoms with E-state index in [4.69, 9.17) is 4.74 Å². The van der Waals surface area contributed by atoms with E-state index >= 15 is 0 Å². The fraction of sp³-hybridized carbons (Fsp3) is 0.346. The van der Waals surface area contributed by atoms with Crippen LogP contribution in [-0.2, 0) is 0 Å². The van der Waals surface area contributed by atoms with Crippen molar-refractivity contribution in [3.63, 3.8) is 0 Å². The molecule has 3 aliphatic rings. The molecular formula is C26H28N2O2. The number of aromatic hydroxyl groups is 1. The third-order valence-corrected chi connectivity index (χ3v) is 7.11. The average molecular weight is 401 g/mol. The van der Waals surface area contributed by atoms with Crippen LogP contribution in [0.2, 0.25) is 0 Å². The van der Waals surface area contributed by atoms with Crippen molar-refractivity contribution in [1.29, 1.82) is 0 Å². The molecule has 4 heterocycles. The van der Waals surface area contributed by atoms with Crippen LogP contribution in [0.15, 0.2) is 67.4 Å².